The summed E-state index contributed by atoms with van der Waals surface area (Å²) >= 11 is 0. The summed E-state index contributed by atoms with van der Waals surface area (Å²) in [6.45, 7) is 1.87. The van der Waals surface area contributed by atoms with E-state index < -0.39 is 0 Å². The molecule has 1 aromatic carbocycles. The van der Waals surface area contributed by atoms with E-state index in [1.54, 1.807) is 28.9 Å². The fourth-order valence-corrected chi connectivity index (χ4v) is 2.27. The van der Waals surface area contributed by atoms with E-state index in [4.69, 9.17) is 0 Å². The van der Waals surface area contributed by atoms with Gasteiger partial charge in [0.15, 0.2) is 5.82 Å². The zero-order chi connectivity index (χ0) is 14.1. The molecule has 2 aromatic heterocycles. The molecule has 0 bridgehead atoms. The van der Waals surface area contributed by atoms with E-state index in [2.05, 4.69) is 10.3 Å². The zero-order valence-electron chi connectivity index (χ0n) is 10.8. The molecular formula is C15H12FN3O. The summed E-state index contributed by atoms with van der Waals surface area (Å²) in [5.41, 5.74) is 2.90. The van der Waals surface area contributed by atoms with E-state index in [1.165, 1.54) is 6.07 Å². The number of hydrogen-bond acceptors (Lipinski definition) is 2. The number of nitrogens with one attached hydrogen (secondary N) is 1. The van der Waals surface area contributed by atoms with Crippen LogP contribution < -0.4 is 5.32 Å². The van der Waals surface area contributed by atoms with Crippen molar-refractivity contribution in [3.63, 3.8) is 0 Å². The van der Waals surface area contributed by atoms with Crippen LogP contribution in [0.1, 0.15) is 5.56 Å². The largest absolute Gasteiger partial charge is 0.312 e. The molecule has 4 nitrogen and oxygen atoms in total. The summed E-state index contributed by atoms with van der Waals surface area (Å²) in [5, 5.41) is 2.49. The van der Waals surface area contributed by atoms with Gasteiger partial charge in [-0.3, -0.25) is 4.79 Å². The molecule has 0 spiro atoms. The molecule has 0 atom stereocenters. The Labute approximate surface area is 114 Å². The molecule has 0 saturated heterocycles. The maximum absolute atomic E-state index is 14.0. The van der Waals surface area contributed by atoms with Crippen LogP contribution in [0.2, 0.25) is 0 Å². The second kappa shape index (κ2) is 4.77. The predicted octanol–water partition coefficient (Wildman–Crippen LogP) is 3.02. The van der Waals surface area contributed by atoms with Crippen molar-refractivity contribution in [3.05, 3.63) is 54.1 Å². The highest BCUT2D eigenvalue weighted by Crippen LogP contribution is 2.27. The molecule has 1 N–H and O–H groups in total. The van der Waals surface area contributed by atoms with Crippen LogP contribution in [0.3, 0.4) is 0 Å². The number of imidazole rings is 1. The van der Waals surface area contributed by atoms with Gasteiger partial charge >= 0.3 is 0 Å². The van der Waals surface area contributed by atoms with Gasteiger partial charge < -0.3 is 9.72 Å². The minimum atomic E-state index is -0.254. The fourth-order valence-electron chi connectivity index (χ4n) is 2.27. The monoisotopic (exact) mass is 269 g/mol. The summed E-state index contributed by atoms with van der Waals surface area (Å²) in [5.74, 6) is 0.207. The molecule has 0 aliphatic carbocycles. The number of carbonyl (C=O) groups excluding carboxylic acids is 1. The standard InChI is InChI=1S/C15H12FN3O/c1-10-3-2-4-12(16)15(10)11-5-6-14-18-13(17-9-20)8-19(14)7-11/h2-9H,1H3,(H,17,20). The molecule has 0 unspecified atom stereocenters. The molecule has 100 valence electrons. The number of rotatable bonds is 3. The number of fused-ring (bicyclic) bond motifs is 1. The van der Waals surface area contributed by atoms with Crippen molar-refractivity contribution in [2.45, 2.75) is 6.92 Å². The minimum Gasteiger partial charge on any atom is -0.312 e. The van der Waals surface area contributed by atoms with Gasteiger partial charge in [0.1, 0.15) is 11.5 Å². The molecule has 0 saturated carbocycles. The number of anilines is 1. The Balaban J connectivity index is 2.15. The second-order valence-electron chi connectivity index (χ2n) is 4.50. The van der Waals surface area contributed by atoms with Crippen molar-refractivity contribution in [1.29, 1.82) is 0 Å². The van der Waals surface area contributed by atoms with Gasteiger partial charge in [0, 0.05) is 17.3 Å². The highest BCUT2D eigenvalue weighted by molar-refractivity contribution is 5.72. The van der Waals surface area contributed by atoms with E-state index in [0.717, 1.165) is 11.1 Å². The normalized spacial score (nSPS) is 10.7. The SMILES string of the molecule is Cc1cccc(F)c1-c1ccc2nc(NC=O)cn2c1. The average Bonchev–Trinajstić information content (AvgIpc) is 2.80. The van der Waals surface area contributed by atoms with Gasteiger partial charge in [-0.2, -0.15) is 0 Å². The molecule has 0 aliphatic heterocycles. The minimum absolute atomic E-state index is 0.254. The smallest absolute Gasteiger partial charge is 0.212 e. The Morgan fingerprint density at radius 2 is 2.10 bits per heavy atom. The second-order valence-corrected chi connectivity index (χ2v) is 4.50. The lowest BCUT2D eigenvalue weighted by Crippen LogP contribution is -1.92. The van der Waals surface area contributed by atoms with Crippen molar-refractivity contribution < 1.29 is 9.18 Å². The Bertz CT molecular complexity index is 775. The van der Waals surface area contributed by atoms with Gasteiger partial charge in [-0.05, 0) is 30.7 Å². The Morgan fingerprint density at radius 3 is 2.85 bits per heavy atom. The van der Waals surface area contributed by atoms with Crippen LogP contribution in [0, 0.1) is 12.7 Å². The van der Waals surface area contributed by atoms with Gasteiger partial charge in [0.25, 0.3) is 0 Å². The average molecular weight is 269 g/mol. The van der Waals surface area contributed by atoms with Crippen molar-refractivity contribution in [2.75, 3.05) is 5.32 Å². The highest BCUT2D eigenvalue weighted by Gasteiger charge is 2.09. The molecule has 20 heavy (non-hydrogen) atoms. The number of aryl methyl sites for hydroxylation is 1. The summed E-state index contributed by atoms with van der Waals surface area (Å²) in [7, 11) is 0. The first-order chi connectivity index (χ1) is 9.69. The first-order valence-electron chi connectivity index (χ1n) is 6.13. The first-order valence-corrected chi connectivity index (χ1v) is 6.13. The molecule has 0 aliphatic rings. The summed E-state index contributed by atoms with van der Waals surface area (Å²) in [4.78, 5) is 14.6. The Morgan fingerprint density at radius 1 is 1.25 bits per heavy atom. The van der Waals surface area contributed by atoms with Crippen LogP contribution >= 0.6 is 0 Å². The van der Waals surface area contributed by atoms with Crippen LogP contribution in [0.5, 0.6) is 0 Å². The topological polar surface area (TPSA) is 46.4 Å². The molecule has 0 fully saturated rings. The number of aromatic nitrogens is 2. The van der Waals surface area contributed by atoms with Gasteiger partial charge in [-0.1, -0.05) is 12.1 Å². The van der Waals surface area contributed by atoms with Gasteiger partial charge in [0.05, 0.1) is 6.20 Å². The van der Waals surface area contributed by atoms with Crippen LogP contribution in [0.4, 0.5) is 10.2 Å². The third kappa shape index (κ3) is 2.03. The fraction of sp³-hybridized carbons (Fsp3) is 0.0667. The molecule has 1 amide bonds. The van der Waals surface area contributed by atoms with Crippen molar-refractivity contribution in [1.82, 2.24) is 9.38 Å². The predicted molar refractivity (Wildman–Crippen MR) is 75.0 cm³/mol. The Hall–Kier alpha value is -2.69. The lowest BCUT2D eigenvalue weighted by molar-refractivity contribution is -0.105. The summed E-state index contributed by atoms with van der Waals surface area (Å²) in [6, 6.07) is 8.61. The van der Waals surface area contributed by atoms with Crippen LogP contribution in [0.15, 0.2) is 42.7 Å². The Kier molecular flexibility index (Phi) is 2.95. The number of hydrogen-bond donors (Lipinski definition) is 1. The molecule has 3 rings (SSSR count). The quantitative estimate of drug-likeness (QED) is 0.743. The highest BCUT2D eigenvalue weighted by atomic mass is 19.1. The van der Waals surface area contributed by atoms with E-state index in [-0.39, 0.29) is 5.82 Å². The van der Waals surface area contributed by atoms with Crippen molar-refractivity contribution in [2.24, 2.45) is 0 Å². The third-order valence-electron chi connectivity index (χ3n) is 3.17. The summed E-state index contributed by atoms with van der Waals surface area (Å²) < 4.78 is 15.7. The zero-order valence-corrected chi connectivity index (χ0v) is 10.8. The maximum Gasteiger partial charge on any atom is 0.212 e. The number of amides is 1. The molecule has 3 aromatic rings. The van der Waals surface area contributed by atoms with E-state index in [9.17, 15) is 9.18 Å². The van der Waals surface area contributed by atoms with Crippen LogP contribution in [-0.4, -0.2) is 15.8 Å². The van der Waals surface area contributed by atoms with E-state index >= 15 is 0 Å². The van der Waals surface area contributed by atoms with E-state index in [1.807, 2.05) is 19.1 Å². The molecular weight excluding hydrogens is 257 g/mol. The molecule has 2 heterocycles. The lowest BCUT2D eigenvalue weighted by atomic mass is 10.0. The van der Waals surface area contributed by atoms with Gasteiger partial charge in [-0.25, -0.2) is 9.37 Å². The van der Waals surface area contributed by atoms with Gasteiger partial charge in [0.2, 0.25) is 6.41 Å². The van der Waals surface area contributed by atoms with Gasteiger partial charge in [-0.15, -0.1) is 0 Å². The van der Waals surface area contributed by atoms with E-state index in [0.29, 0.717) is 23.4 Å². The third-order valence-corrected chi connectivity index (χ3v) is 3.17. The number of nitrogens with zero attached hydrogens (tertiary/aromatic N) is 2. The lowest BCUT2D eigenvalue weighted by Gasteiger charge is -2.07. The summed E-state index contributed by atoms with van der Waals surface area (Å²) in [6.07, 6.45) is 4.05. The van der Waals surface area contributed by atoms with Crippen LogP contribution in [0.25, 0.3) is 16.8 Å². The molecule has 0 radical (unpaired) electrons. The van der Waals surface area contributed by atoms with Crippen molar-refractivity contribution >= 4 is 17.9 Å². The first kappa shape index (κ1) is 12.3. The number of carbonyl (C=O) groups is 1. The van der Waals surface area contributed by atoms with Crippen molar-refractivity contribution in [3.8, 4) is 11.1 Å². The van der Waals surface area contributed by atoms with Crippen LogP contribution in [-0.2, 0) is 4.79 Å². The number of halogens is 1. The number of benzene rings is 1. The number of pyridine rings is 1. The molecule has 5 heteroatoms. The maximum atomic E-state index is 14.0.